The van der Waals surface area contributed by atoms with Crippen LogP contribution in [0.1, 0.15) is 62.7 Å². The summed E-state index contributed by atoms with van der Waals surface area (Å²) in [5.41, 5.74) is 0. The Morgan fingerprint density at radius 1 is 1.08 bits per heavy atom. The van der Waals surface area contributed by atoms with Gasteiger partial charge in [-0.05, 0) is 62.7 Å². The zero-order valence-electron chi connectivity index (χ0n) is 20.9. The molecule has 0 spiro atoms. The van der Waals surface area contributed by atoms with Crippen LogP contribution in [-0.2, 0) is 24.4 Å². The molecule has 0 aromatic carbocycles. The summed E-state index contributed by atoms with van der Waals surface area (Å²) in [7, 11) is -3.85. The topological polar surface area (TPSA) is 116 Å². The fraction of sp³-hybridized carbons (Fsp3) is 0.640. The number of sulfonamides is 1. The molecule has 37 heavy (non-hydrogen) atoms. The molecule has 3 amide bonds. The summed E-state index contributed by atoms with van der Waals surface area (Å²) in [6.45, 7) is 1.34. The zero-order valence-corrected chi connectivity index (χ0v) is 23.3. The van der Waals surface area contributed by atoms with Crippen LogP contribution < -0.4 is 10.0 Å². The van der Waals surface area contributed by atoms with Gasteiger partial charge in [0.25, 0.3) is 0 Å². The van der Waals surface area contributed by atoms with Crippen molar-refractivity contribution < 1.29 is 22.8 Å². The summed E-state index contributed by atoms with van der Waals surface area (Å²) in [5, 5.41) is 4.03. The van der Waals surface area contributed by atoms with Crippen LogP contribution in [0.3, 0.4) is 0 Å². The summed E-state index contributed by atoms with van der Waals surface area (Å²) in [5.74, 6) is -0.0412. The molecule has 12 heteroatoms. The van der Waals surface area contributed by atoms with Gasteiger partial charge in [0.15, 0.2) is 0 Å². The maximum atomic E-state index is 13.1. The largest absolute Gasteiger partial charge is 0.354 e. The molecule has 4 rings (SSSR count). The molecular formula is C25H35ClN4O5S2. The average molecular weight is 571 g/mol. The fourth-order valence-electron chi connectivity index (χ4n) is 5.43. The van der Waals surface area contributed by atoms with E-state index in [1.165, 1.54) is 35.2 Å². The first kappa shape index (κ1) is 28.1. The van der Waals surface area contributed by atoms with Crippen molar-refractivity contribution in [3.8, 4) is 0 Å². The monoisotopic (exact) mass is 570 g/mol. The molecule has 2 N–H and O–H groups in total. The number of thiophene rings is 1. The van der Waals surface area contributed by atoms with Crippen molar-refractivity contribution in [3.05, 3.63) is 26.8 Å². The Bertz CT molecular complexity index is 1120. The van der Waals surface area contributed by atoms with Crippen molar-refractivity contribution in [2.45, 2.75) is 69.9 Å². The third-order valence-electron chi connectivity index (χ3n) is 7.35. The SMILES string of the molecule is O=C(CC1CCCC1)NC[C@@H]1CCCN1C(=O)CN1CCC[C@H](NS(=O)(=O)/C=C/c2ccc(Cl)s2)C1=O. The van der Waals surface area contributed by atoms with Crippen molar-refractivity contribution in [2.75, 3.05) is 26.2 Å². The first-order valence-electron chi connectivity index (χ1n) is 13.0. The minimum Gasteiger partial charge on any atom is -0.354 e. The second-order valence-corrected chi connectivity index (χ2v) is 13.4. The van der Waals surface area contributed by atoms with E-state index in [-0.39, 0.29) is 24.4 Å². The highest BCUT2D eigenvalue weighted by Crippen LogP contribution is 2.27. The minimum atomic E-state index is -3.85. The van der Waals surface area contributed by atoms with Gasteiger partial charge in [-0.2, -0.15) is 4.72 Å². The standard InChI is InChI=1S/C25H35ClN4O5S2/c26-22-10-9-20(36-22)11-14-37(34,35)28-21-8-4-12-29(25(21)33)17-24(32)30-13-3-7-19(30)16-27-23(31)15-18-5-1-2-6-18/h9-11,14,18-19,21,28H,1-8,12-13,15-17H2,(H,27,31)/b14-11+/t19-,21-/m0/s1. The van der Waals surface area contributed by atoms with E-state index >= 15 is 0 Å². The predicted octanol–water partition coefficient (Wildman–Crippen LogP) is 2.97. The molecule has 2 aliphatic heterocycles. The molecule has 0 unspecified atom stereocenters. The second-order valence-electron chi connectivity index (χ2n) is 10.1. The molecule has 3 heterocycles. The molecule has 3 aliphatic rings. The Labute approximate surface area is 227 Å². The van der Waals surface area contributed by atoms with Gasteiger partial charge in [0, 0.05) is 42.4 Å². The van der Waals surface area contributed by atoms with Crippen LogP contribution in [0.2, 0.25) is 4.34 Å². The number of rotatable bonds is 10. The van der Waals surface area contributed by atoms with Crippen LogP contribution in [0, 0.1) is 5.92 Å². The lowest BCUT2D eigenvalue weighted by Gasteiger charge is -2.34. The zero-order chi connectivity index (χ0) is 26.4. The van der Waals surface area contributed by atoms with E-state index in [0.717, 1.165) is 31.1 Å². The molecule has 1 aliphatic carbocycles. The first-order valence-corrected chi connectivity index (χ1v) is 15.7. The molecular weight excluding hydrogens is 536 g/mol. The summed E-state index contributed by atoms with van der Waals surface area (Å²) in [6.07, 6.45) is 9.25. The lowest BCUT2D eigenvalue weighted by molar-refractivity contribution is -0.143. The van der Waals surface area contributed by atoms with E-state index in [1.54, 1.807) is 17.0 Å². The maximum Gasteiger partial charge on any atom is 0.242 e. The molecule has 1 aromatic heterocycles. The normalized spacial score (nSPS) is 23.3. The number of carbonyl (C=O) groups excluding carboxylic acids is 3. The van der Waals surface area contributed by atoms with Crippen LogP contribution in [0.15, 0.2) is 17.5 Å². The van der Waals surface area contributed by atoms with Gasteiger partial charge in [0.2, 0.25) is 27.7 Å². The van der Waals surface area contributed by atoms with Gasteiger partial charge in [0.1, 0.15) is 6.04 Å². The first-order chi connectivity index (χ1) is 17.7. The van der Waals surface area contributed by atoms with E-state index < -0.39 is 22.0 Å². The van der Waals surface area contributed by atoms with E-state index in [2.05, 4.69) is 10.0 Å². The van der Waals surface area contributed by atoms with E-state index in [4.69, 9.17) is 11.6 Å². The highest BCUT2D eigenvalue weighted by molar-refractivity contribution is 7.92. The van der Waals surface area contributed by atoms with E-state index in [9.17, 15) is 22.8 Å². The summed E-state index contributed by atoms with van der Waals surface area (Å²) < 4.78 is 28.1. The number of hydrogen-bond donors (Lipinski definition) is 2. The van der Waals surface area contributed by atoms with Crippen molar-refractivity contribution >= 4 is 56.8 Å². The number of amides is 3. The smallest absolute Gasteiger partial charge is 0.242 e. The quantitative estimate of drug-likeness (QED) is 0.449. The summed E-state index contributed by atoms with van der Waals surface area (Å²) >= 11 is 7.13. The second kappa shape index (κ2) is 12.7. The molecule has 9 nitrogen and oxygen atoms in total. The number of nitrogens with one attached hydrogen (secondary N) is 2. The molecule has 0 radical (unpaired) electrons. The molecule has 1 aromatic rings. The Morgan fingerprint density at radius 2 is 1.84 bits per heavy atom. The third-order valence-corrected chi connectivity index (χ3v) is 9.65. The Morgan fingerprint density at radius 3 is 2.57 bits per heavy atom. The maximum absolute atomic E-state index is 13.1. The predicted molar refractivity (Wildman–Crippen MR) is 144 cm³/mol. The Kier molecular flexibility index (Phi) is 9.66. The van der Waals surface area contributed by atoms with Crippen molar-refractivity contribution in [1.82, 2.24) is 19.8 Å². The number of likely N-dealkylation sites (tertiary alicyclic amines) is 2. The van der Waals surface area contributed by atoms with Crippen molar-refractivity contribution in [2.24, 2.45) is 5.92 Å². The van der Waals surface area contributed by atoms with Crippen LogP contribution in [0.25, 0.3) is 6.08 Å². The lowest BCUT2D eigenvalue weighted by atomic mass is 10.0. The highest BCUT2D eigenvalue weighted by Gasteiger charge is 2.35. The van der Waals surface area contributed by atoms with Gasteiger partial charge in [-0.25, -0.2) is 8.42 Å². The molecule has 204 valence electrons. The Balaban J connectivity index is 1.27. The van der Waals surface area contributed by atoms with Gasteiger partial charge in [-0.1, -0.05) is 24.4 Å². The van der Waals surface area contributed by atoms with E-state index in [0.29, 0.717) is 54.0 Å². The van der Waals surface area contributed by atoms with Gasteiger partial charge >= 0.3 is 0 Å². The number of halogens is 1. The van der Waals surface area contributed by atoms with Crippen molar-refractivity contribution in [1.29, 1.82) is 0 Å². The molecule has 2 saturated heterocycles. The number of hydrogen-bond acceptors (Lipinski definition) is 6. The van der Waals surface area contributed by atoms with Crippen LogP contribution in [0.4, 0.5) is 0 Å². The summed E-state index contributed by atoms with van der Waals surface area (Å²) in [6, 6.07) is 2.41. The van der Waals surface area contributed by atoms with Gasteiger partial charge in [-0.15, -0.1) is 11.3 Å². The number of nitrogens with zero attached hydrogens (tertiary/aromatic N) is 2. The summed E-state index contributed by atoms with van der Waals surface area (Å²) in [4.78, 5) is 42.4. The fourth-order valence-corrected chi connectivity index (χ4v) is 7.50. The Hall–Kier alpha value is -1.95. The van der Waals surface area contributed by atoms with Crippen LogP contribution >= 0.6 is 22.9 Å². The molecule has 2 atom stereocenters. The van der Waals surface area contributed by atoms with Gasteiger partial charge < -0.3 is 15.1 Å². The van der Waals surface area contributed by atoms with Crippen LogP contribution in [-0.4, -0.2) is 74.2 Å². The lowest BCUT2D eigenvalue weighted by Crippen LogP contribution is -2.55. The molecule has 3 fully saturated rings. The van der Waals surface area contributed by atoms with Gasteiger partial charge in [0.05, 0.1) is 10.9 Å². The number of piperidine rings is 1. The average Bonchev–Trinajstić information content (AvgIpc) is 3.61. The van der Waals surface area contributed by atoms with Crippen molar-refractivity contribution in [3.63, 3.8) is 0 Å². The number of carbonyl (C=O) groups is 3. The third kappa shape index (κ3) is 8.02. The van der Waals surface area contributed by atoms with Crippen LogP contribution in [0.5, 0.6) is 0 Å². The van der Waals surface area contributed by atoms with E-state index in [1.807, 2.05) is 0 Å². The highest BCUT2D eigenvalue weighted by atomic mass is 35.5. The van der Waals surface area contributed by atoms with Gasteiger partial charge in [-0.3, -0.25) is 14.4 Å². The minimum absolute atomic E-state index is 0.0451. The molecule has 0 bridgehead atoms. The molecule has 1 saturated carbocycles.